The largest absolute Gasteiger partial charge is 0.298 e. The SMILES string of the molecule is Cl.Cl.O=C(Cc1ccc([N+](=O)[O-])cc1)CN1CCN(Cc2cccc(F)c2)CC1. The second kappa shape index (κ2) is 11.8. The molecular weight excluding hydrogens is 420 g/mol. The number of carbonyl (C=O) groups is 1. The van der Waals surface area contributed by atoms with Gasteiger partial charge in [0.25, 0.3) is 5.69 Å². The molecule has 1 aliphatic heterocycles. The molecular formula is C20H24Cl2FN3O3. The fourth-order valence-electron chi connectivity index (χ4n) is 3.27. The number of hydrogen-bond donors (Lipinski definition) is 0. The van der Waals surface area contributed by atoms with Crippen LogP contribution in [0, 0.1) is 15.9 Å². The summed E-state index contributed by atoms with van der Waals surface area (Å²) < 4.78 is 13.3. The minimum absolute atomic E-state index is 0. The molecule has 0 bridgehead atoms. The first-order valence-electron chi connectivity index (χ1n) is 8.94. The number of nitro benzene ring substituents is 1. The smallest absolute Gasteiger partial charge is 0.269 e. The van der Waals surface area contributed by atoms with Crippen molar-refractivity contribution >= 4 is 36.3 Å². The zero-order valence-corrected chi connectivity index (χ0v) is 17.5. The van der Waals surface area contributed by atoms with E-state index in [1.807, 2.05) is 6.07 Å². The second-order valence-electron chi connectivity index (χ2n) is 6.82. The third-order valence-corrected chi connectivity index (χ3v) is 4.71. The predicted octanol–water partition coefficient (Wildman–Crippen LogP) is 3.51. The topological polar surface area (TPSA) is 66.7 Å². The number of carbonyl (C=O) groups excluding carboxylic acids is 1. The number of nitro groups is 1. The molecule has 1 fully saturated rings. The van der Waals surface area contributed by atoms with E-state index >= 15 is 0 Å². The van der Waals surface area contributed by atoms with E-state index < -0.39 is 4.92 Å². The quantitative estimate of drug-likeness (QED) is 0.483. The van der Waals surface area contributed by atoms with Crippen LogP contribution in [0.15, 0.2) is 48.5 Å². The number of non-ortho nitro benzene ring substituents is 1. The molecule has 2 aromatic carbocycles. The van der Waals surface area contributed by atoms with Crippen molar-refractivity contribution in [3.05, 3.63) is 75.6 Å². The Morgan fingerprint density at radius 3 is 2.17 bits per heavy atom. The van der Waals surface area contributed by atoms with Gasteiger partial charge in [0.15, 0.2) is 5.78 Å². The molecule has 6 nitrogen and oxygen atoms in total. The molecule has 0 N–H and O–H groups in total. The molecule has 0 aromatic heterocycles. The highest BCUT2D eigenvalue weighted by molar-refractivity contribution is 5.85. The Labute approximate surface area is 181 Å². The number of piperazine rings is 1. The summed E-state index contributed by atoms with van der Waals surface area (Å²) in [4.78, 5) is 26.9. The lowest BCUT2D eigenvalue weighted by Gasteiger charge is -2.34. The highest BCUT2D eigenvalue weighted by Crippen LogP contribution is 2.13. The lowest BCUT2D eigenvalue weighted by atomic mass is 10.1. The van der Waals surface area contributed by atoms with Gasteiger partial charge in [-0.15, -0.1) is 24.8 Å². The molecule has 0 spiro atoms. The molecule has 29 heavy (non-hydrogen) atoms. The summed E-state index contributed by atoms with van der Waals surface area (Å²) in [6.45, 7) is 4.35. The highest BCUT2D eigenvalue weighted by atomic mass is 35.5. The number of halogens is 3. The predicted molar refractivity (Wildman–Crippen MR) is 114 cm³/mol. The van der Waals surface area contributed by atoms with Gasteiger partial charge in [-0.05, 0) is 23.3 Å². The highest BCUT2D eigenvalue weighted by Gasteiger charge is 2.19. The first-order valence-corrected chi connectivity index (χ1v) is 8.94. The molecule has 2 aromatic rings. The van der Waals surface area contributed by atoms with Crippen LogP contribution in [-0.4, -0.2) is 53.2 Å². The van der Waals surface area contributed by atoms with Gasteiger partial charge in [-0.2, -0.15) is 0 Å². The van der Waals surface area contributed by atoms with E-state index in [1.165, 1.54) is 18.2 Å². The van der Waals surface area contributed by atoms with Gasteiger partial charge >= 0.3 is 0 Å². The van der Waals surface area contributed by atoms with E-state index in [-0.39, 0.29) is 48.5 Å². The zero-order valence-electron chi connectivity index (χ0n) is 15.8. The second-order valence-corrected chi connectivity index (χ2v) is 6.82. The Morgan fingerprint density at radius 1 is 0.966 bits per heavy atom. The van der Waals surface area contributed by atoms with Crippen molar-refractivity contribution in [1.29, 1.82) is 0 Å². The van der Waals surface area contributed by atoms with Crippen molar-refractivity contribution in [2.24, 2.45) is 0 Å². The summed E-state index contributed by atoms with van der Waals surface area (Å²) in [5, 5.41) is 10.7. The van der Waals surface area contributed by atoms with E-state index in [0.717, 1.165) is 37.3 Å². The summed E-state index contributed by atoms with van der Waals surface area (Å²) in [5.41, 5.74) is 1.77. The van der Waals surface area contributed by atoms with Crippen LogP contribution in [0.3, 0.4) is 0 Å². The Hall–Kier alpha value is -2.06. The van der Waals surface area contributed by atoms with Gasteiger partial charge in [0.1, 0.15) is 5.82 Å². The van der Waals surface area contributed by atoms with Crippen molar-refractivity contribution in [3.63, 3.8) is 0 Å². The molecule has 0 radical (unpaired) electrons. The molecule has 0 unspecified atom stereocenters. The first-order chi connectivity index (χ1) is 13.0. The minimum Gasteiger partial charge on any atom is -0.298 e. The van der Waals surface area contributed by atoms with Gasteiger partial charge in [0, 0.05) is 51.3 Å². The number of hydrogen-bond acceptors (Lipinski definition) is 5. The maximum Gasteiger partial charge on any atom is 0.269 e. The van der Waals surface area contributed by atoms with Crippen LogP contribution < -0.4 is 0 Å². The molecule has 1 aliphatic rings. The normalized spacial score (nSPS) is 14.5. The molecule has 1 saturated heterocycles. The molecule has 158 valence electrons. The lowest BCUT2D eigenvalue weighted by Crippen LogP contribution is -2.47. The molecule has 0 saturated carbocycles. The number of ketones is 1. The molecule has 0 amide bonds. The van der Waals surface area contributed by atoms with E-state index in [1.54, 1.807) is 24.3 Å². The average molecular weight is 444 g/mol. The fraction of sp³-hybridized carbons (Fsp3) is 0.350. The summed E-state index contributed by atoms with van der Waals surface area (Å²) in [6, 6.07) is 12.8. The number of benzene rings is 2. The fourth-order valence-corrected chi connectivity index (χ4v) is 3.27. The van der Waals surface area contributed by atoms with Gasteiger partial charge in [0.05, 0.1) is 11.5 Å². The zero-order chi connectivity index (χ0) is 19.2. The number of nitrogens with zero attached hydrogens (tertiary/aromatic N) is 3. The minimum atomic E-state index is -0.449. The third kappa shape index (κ3) is 7.70. The molecule has 0 atom stereocenters. The molecule has 1 heterocycles. The summed E-state index contributed by atoms with van der Waals surface area (Å²) in [5.74, 6) is -0.120. The Bertz CT molecular complexity index is 813. The third-order valence-electron chi connectivity index (χ3n) is 4.71. The summed E-state index contributed by atoms with van der Waals surface area (Å²) in [6.07, 6.45) is 0.279. The molecule has 9 heteroatoms. The van der Waals surface area contributed by atoms with Gasteiger partial charge in [-0.1, -0.05) is 24.3 Å². The van der Waals surface area contributed by atoms with Gasteiger partial charge in [0.2, 0.25) is 0 Å². The first kappa shape index (κ1) is 25.0. The standard InChI is InChI=1S/C20H22FN3O3.2ClH/c21-18-3-1-2-17(12-18)14-22-8-10-23(11-9-22)15-20(25)13-16-4-6-19(7-5-16)24(26)27;;/h1-7,12H,8-11,13-15H2;2*1H. The number of Topliss-reactive ketones (excluding diaryl/α,β-unsaturated/α-hetero) is 1. The van der Waals surface area contributed by atoms with Crippen molar-refractivity contribution < 1.29 is 14.1 Å². The Kier molecular flexibility index (Phi) is 10.2. The van der Waals surface area contributed by atoms with Crippen molar-refractivity contribution in [1.82, 2.24) is 9.80 Å². The van der Waals surface area contributed by atoms with Crippen molar-refractivity contribution in [2.45, 2.75) is 13.0 Å². The maximum atomic E-state index is 13.3. The van der Waals surface area contributed by atoms with E-state index in [9.17, 15) is 19.3 Å². The lowest BCUT2D eigenvalue weighted by molar-refractivity contribution is -0.384. The van der Waals surface area contributed by atoms with Crippen LogP contribution >= 0.6 is 24.8 Å². The van der Waals surface area contributed by atoms with Crippen LogP contribution in [0.2, 0.25) is 0 Å². The average Bonchev–Trinajstić information content (AvgIpc) is 2.64. The van der Waals surface area contributed by atoms with Crippen molar-refractivity contribution in [2.75, 3.05) is 32.7 Å². The van der Waals surface area contributed by atoms with E-state index in [4.69, 9.17) is 0 Å². The Balaban J connectivity index is 0.00000210. The molecule has 3 rings (SSSR count). The van der Waals surface area contributed by atoms with Crippen LogP contribution in [0.4, 0.5) is 10.1 Å². The van der Waals surface area contributed by atoms with E-state index in [2.05, 4.69) is 9.80 Å². The van der Waals surface area contributed by atoms with Crippen molar-refractivity contribution in [3.8, 4) is 0 Å². The maximum absolute atomic E-state index is 13.3. The summed E-state index contributed by atoms with van der Waals surface area (Å²) in [7, 11) is 0. The van der Waals surface area contributed by atoms with Gasteiger partial charge < -0.3 is 0 Å². The number of rotatable bonds is 7. The Morgan fingerprint density at radius 2 is 1.59 bits per heavy atom. The van der Waals surface area contributed by atoms with E-state index in [0.29, 0.717) is 13.1 Å². The van der Waals surface area contributed by atoms with Crippen LogP contribution in [0.5, 0.6) is 0 Å². The van der Waals surface area contributed by atoms with Gasteiger partial charge in [-0.3, -0.25) is 24.7 Å². The van der Waals surface area contributed by atoms with Crippen LogP contribution in [0.1, 0.15) is 11.1 Å². The van der Waals surface area contributed by atoms with Crippen LogP contribution in [-0.2, 0) is 17.8 Å². The van der Waals surface area contributed by atoms with Crippen LogP contribution in [0.25, 0.3) is 0 Å². The monoisotopic (exact) mass is 443 g/mol. The molecule has 0 aliphatic carbocycles. The summed E-state index contributed by atoms with van der Waals surface area (Å²) >= 11 is 0. The van der Waals surface area contributed by atoms with Gasteiger partial charge in [-0.25, -0.2) is 4.39 Å².